The number of hydrogen-bond donors (Lipinski definition) is 0. The van der Waals surface area contributed by atoms with Gasteiger partial charge in [-0.2, -0.15) is 5.26 Å². The van der Waals surface area contributed by atoms with Gasteiger partial charge in [0.1, 0.15) is 17.4 Å². The van der Waals surface area contributed by atoms with Crippen LogP contribution in [0.3, 0.4) is 0 Å². The van der Waals surface area contributed by atoms with E-state index < -0.39 is 18.2 Å². The van der Waals surface area contributed by atoms with Crippen LogP contribution in [0.1, 0.15) is 50.0 Å². The molecule has 0 amide bonds. The number of benzene rings is 2. The molecule has 1 aliphatic heterocycles. The van der Waals surface area contributed by atoms with Crippen molar-refractivity contribution in [1.29, 1.82) is 5.26 Å². The van der Waals surface area contributed by atoms with Crippen molar-refractivity contribution in [1.82, 2.24) is 0 Å². The lowest BCUT2D eigenvalue weighted by atomic mass is 10.1. The van der Waals surface area contributed by atoms with Crippen LogP contribution in [0.2, 0.25) is 0 Å². The molecule has 3 rings (SSSR count). The molecule has 2 aromatic rings. The van der Waals surface area contributed by atoms with Gasteiger partial charge < -0.3 is 18.9 Å². The van der Waals surface area contributed by atoms with E-state index in [2.05, 4.69) is 6.92 Å². The van der Waals surface area contributed by atoms with Crippen LogP contribution in [0.15, 0.2) is 48.5 Å². The third kappa shape index (κ3) is 6.31. The summed E-state index contributed by atoms with van der Waals surface area (Å²) in [4.78, 5) is 12.3. The zero-order valence-electron chi connectivity index (χ0n) is 17.2. The number of unbranched alkanes of at least 4 members (excludes halogenated alkanes) is 3. The fraction of sp³-hybridized carbons (Fsp3) is 0.417. The van der Waals surface area contributed by atoms with E-state index in [1.807, 2.05) is 30.3 Å². The van der Waals surface area contributed by atoms with Gasteiger partial charge in [-0.05, 0) is 42.8 Å². The largest absolute Gasteiger partial charge is 0.494 e. The molecule has 1 aliphatic rings. The van der Waals surface area contributed by atoms with E-state index in [9.17, 15) is 4.79 Å². The van der Waals surface area contributed by atoms with Crippen molar-refractivity contribution in [3.8, 4) is 17.6 Å². The van der Waals surface area contributed by atoms with Crippen LogP contribution in [0.25, 0.3) is 0 Å². The lowest BCUT2D eigenvalue weighted by Crippen LogP contribution is -2.35. The van der Waals surface area contributed by atoms with Crippen LogP contribution in [0.5, 0.6) is 11.5 Å². The monoisotopic (exact) mass is 409 g/mol. The molecule has 0 aromatic heterocycles. The molecule has 0 N–H and O–H groups in total. The molecule has 2 aromatic carbocycles. The van der Waals surface area contributed by atoms with Gasteiger partial charge in [0, 0.05) is 5.56 Å². The Kier molecular flexibility index (Phi) is 8.25. The summed E-state index contributed by atoms with van der Waals surface area (Å²) >= 11 is 0. The number of carbonyl (C=O) groups is 1. The van der Waals surface area contributed by atoms with Crippen LogP contribution in [0.4, 0.5) is 0 Å². The number of rotatable bonds is 9. The van der Waals surface area contributed by atoms with E-state index in [-0.39, 0.29) is 13.2 Å². The van der Waals surface area contributed by atoms with Crippen molar-refractivity contribution in [2.45, 2.75) is 38.9 Å². The van der Waals surface area contributed by atoms with Crippen molar-refractivity contribution in [3.05, 3.63) is 59.7 Å². The smallest absolute Gasteiger partial charge is 0.319 e. The van der Waals surface area contributed by atoms with Crippen molar-refractivity contribution < 1.29 is 23.7 Å². The highest BCUT2D eigenvalue weighted by molar-refractivity contribution is 5.75. The van der Waals surface area contributed by atoms with Gasteiger partial charge >= 0.3 is 5.97 Å². The number of esters is 1. The van der Waals surface area contributed by atoms with Gasteiger partial charge in [-0.15, -0.1) is 0 Å². The molecule has 0 spiro atoms. The van der Waals surface area contributed by atoms with Crippen LogP contribution >= 0.6 is 0 Å². The molecule has 0 bridgehead atoms. The topological polar surface area (TPSA) is 77.8 Å². The predicted octanol–water partition coefficient (Wildman–Crippen LogP) is 4.78. The number of ether oxygens (including phenoxy) is 4. The Morgan fingerprint density at radius 2 is 1.67 bits per heavy atom. The summed E-state index contributed by atoms with van der Waals surface area (Å²) in [6, 6.07) is 16.1. The fourth-order valence-corrected chi connectivity index (χ4v) is 3.07. The Morgan fingerprint density at radius 1 is 1.00 bits per heavy atom. The molecule has 0 saturated carbocycles. The summed E-state index contributed by atoms with van der Waals surface area (Å²) in [7, 11) is 0. The summed E-state index contributed by atoms with van der Waals surface area (Å²) in [6.45, 7) is 3.35. The summed E-state index contributed by atoms with van der Waals surface area (Å²) in [6.07, 6.45) is 4.19. The fourth-order valence-electron chi connectivity index (χ4n) is 3.07. The van der Waals surface area contributed by atoms with Gasteiger partial charge in [0.15, 0.2) is 6.29 Å². The SMILES string of the molecule is CCCCCCOc1ccc(C2OCC(C(=O)Oc3ccc(C#N)cc3)CO2)cc1. The molecular formula is C24H27NO5. The number of nitriles is 1. The maximum absolute atomic E-state index is 12.3. The van der Waals surface area contributed by atoms with Crippen molar-refractivity contribution >= 4 is 5.97 Å². The minimum Gasteiger partial charge on any atom is -0.494 e. The van der Waals surface area contributed by atoms with E-state index in [1.54, 1.807) is 24.3 Å². The molecule has 1 fully saturated rings. The number of carbonyl (C=O) groups excluding carboxylic acids is 1. The van der Waals surface area contributed by atoms with Crippen LogP contribution < -0.4 is 9.47 Å². The molecule has 1 saturated heterocycles. The first-order valence-electron chi connectivity index (χ1n) is 10.4. The molecule has 6 nitrogen and oxygen atoms in total. The van der Waals surface area contributed by atoms with E-state index in [4.69, 9.17) is 24.2 Å². The van der Waals surface area contributed by atoms with Crippen molar-refractivity contribution in [3.63, 3.8) is 0 Å². The number of nitrogens with zero attached hydrogens (tertiary/aromatic N) is 1. The van der Waals surface area contributed by atoms with Crippen molar-refractivity contribution in [2.24, 2.45) is 5.92 Å². The maximum Gasteiger partial charge on any atom is 0.319 e. The zero-order chi connectivity index (χ0) is 21.2. The maximum atomic E-state index is 12.3. The lowest BCUT2D eigenvalue weighted by molar-refractivity contribution is -0.210. The van der Waals surface area contributed by atoms with Crippen LogP contribution in [-0.4, -0.2) is 25.8 Å². The zero-order valence-corrected chi connectivity index (χ0v) is 17.2. The molecule has 6 heteroatoms. The molecule has 0 unspecified atom stereocenters. The summed E-state index contributed by atoms with van der Waals surface area (Å²) in [5.41, 5.74) is 1.39. The van der Waals surface area contributed by atoms with E-state index >= 15 is 0 Å². The van der Waals surface area contributed by atoms with Gasteiger partial charge in [-0.1, -0.05) is 38.3 Å². The summed E-state index contributed by atoms with van der Waals surface area (Å²) < 4.78 is 22.6. The second-order valence-corrected chi connectivity index (χ2v) is 7.23. The predicted molar refractivity (Wildman–Crippen MR) is 111 cm³/mol. The quantitative estimate of drug-likeness (QED) is 0.337. The first-order chi connectivity index (χ1) is 14.7. The Hall–Kier alpha value is -2.88. The van der Waals surface area contributed by atoms with Gasteiger partial charge in [-0.25, -0.2) is 0 Å². The Labute approximate surface area is 177 Å². The number of hydrogen-bond acceptors (Lipinski definition) is 6. The molecular weight excluding hydrogens is 382 g/mol. The third-order valence-corrected chi connectivity index (χ3v) is 4.85. The van der Waals surface area contributed by atoms with Gasteiger partial charge in [-0.3, -0.25) is 4.79 Å². The molecule has 158 valence electrons. The molecule has 0 atom stereocenters. The van der Waals surface area contributed by atoms with Crippen LogP contribution in [0, 0.1) is 17.2 Å². The van der Waals surface area contributed by atoms with Crippen LogP contribution in [-0.2, 0) is 14.3 Å². The second-order valence-electron chi connectivity index (χ2n) is 7.23. The van der Waals surface area contributed by atoms with E-state index in [1.165, 1.54) is 19.3 Å². The first kappa shape index (κ1) is 21.8. The normalized spacial score (nSPS) is 18.4. The Balaban J connectivity index is 1.43. The summed E-state index contributed by atoms with van der Waals surface area (Å²) in [5.74, 6) is 0.314. The minimum atomic E-state index is -0.512. The molecule has 30 heavy (non-hydrogen) atoms. The summed E-state index contributed by atoms with van der Waals surface area (Å²) in [5, 5.41) is 8.82. The third-order valence-electron chi connectivity index (χ3n) is 4.85. The average Bonchev–Trinajstić information content (AvgIpc) is 2.80. The average molecular weight is 409 g/mol. The van der Waals surface area contributed by atoms with Gasteiger partial charge in [0.25, 0.3) is 0 Å². The Bertz CT molecular complexity index is 833. The molecule has 0 radical (unpaired) electrons. The lowest BCUT2D eigenvalue weighted by Gasteiger charge is -2.28. The van der Waals surface area contributed by atoms with E-state index in [0.29, 0.717) is 11.3 Å². The van der Waals surface area contributed by atoms with Gasteiger partial charge in [0.05, 0.1) is 31.5 Å². The second kappa shape index (κ2) is 11.3. The van der Waals surface area contributed by atoms with Gasteiger partial charge in [0.2, 0.25) is 0 Å². The highest BCUT2D eigenvalue weighted by Gasteiger charge is 2.30. The Morgan fingerprint density at radius 3 is 2.30 bits per heavy atom. The van der Waals surface area contributed by atoms with Crippen molar-refractivity contribution in [2.75, 3.05) is 19.8 Å². The van der Waals surface area contributed by atoms with E-state index in [0.717, 1.165) is 24.3 Å². The first-order valence-corrected chi connectivity index (χ1v) is 10.4. The minimum absolute atomic E-state index is 0.218. The highest BCUT2D eigenvalue weighted by Crippen LogP contribution is 2.27. The highest BCUT2D eigenvalue weighted by atomic mass is 16.7. The molecule has 0 aliphatic carbocycles. The standard InChI is InChI=1S/C24H27NO5/c1-2-3-4-5-14-27-21-12-8-19(9-13-21)24-28-16-20(17-29-24)23(26)30-22-10-6-18(15-25)7-11-22/h6-13,20,24H,2-5,14,16-17H2,1H3. The molecule has 1 heterocycles.